The van der Waals surface area contributed by atoms with Crippen molar-refractivity contribution in [1.29, 1.82) is 0 Å². The molecule has 0 saturated carbocycles. The average molecular weight is 448 g/mol. The van der Waals surface area contributed by atoms with Gasteiger partial charge in [0.2, 0.25) is 0 Å². The molecule has 6 nitrogen and oxygen atoms in total. The van der Waals surface area contributed by atoms with Crippen LogP contribution in [0.15, 0.2) is 24.3 Å². The van der Waals surface area contributed by atoms with Crippen LogP contribution in [0.2, 0.25) is 5.02 Å². The maximum absolute atomic E-state index is 13.4. The Kier molecular flexibility index (Phi) is 6.34. The lowest BCUT2D eigenvalue weighted by atomic mass is 10.0. The molecule has 2 unspecified atom stereocenters. The summed E-state index contributed by atoms with van der Waals surface area (Å²) < 4.78 is 20.9. The maximum atomic E-state index is 13.4. The van der Waals surface area contributed by atoms with Crippen molar-refractivity contribution < 1.29 is 18.7 Å². The van der Waals surface area contributed by atoms with Crippen LogP contribution in [0.5, 0.6) is 0 Å². The Morgan fingerprint density at radius 2 is 2.13 bits per heavy atom. The molecule has 1 N–H and O–H groups in total. The number of benzene rings is 1. The zero-order valence-corrected chi connectivity index (χ0v) is 18.5. The van der Waals surface area contributed by atoms with Crippen molar-refractivity contribution >= 4 is 23.4 Å². The molecular weight excluding hydrogens is 421 g/mol. The van der Waals surface area contributed by atoms with Crippen LogP contribution in [0, 0.1) is 5.82 Å². The Labute approximate surface area is 186 Å². The first-order chi connectivity index (χ1) is 14.9. The summed E-state index contributed by atoms with van der Waals surface area (Å²) in [5.74, 6) is -0.760. The number of aromatic nitrogens is 1. The van der Waals surface area contributed by atoms with Crippen molar-refractivity contribution in [3.05, 3.63) is 57.6 Å². The second kappa shape index (κ2) is 9.01. The van der Waals surface area contributed by atoms with E-state index in [1.165, 1.54) is 12.1 Å². The predicted molar refractivity (Wildman–Crippen MR) is 116 cm³/mol. The number of carbonyl (C=O) groups excluding carboxylic acids is 2. The maximum Gasteiger partial charge on any atom is 0.270 e. The van der Waals surface area contributed by atoms with E-state index in [1.54, 1.807) is 12.1 Å². The van der Waals surface area contributed by atoms with Gasteiger partial charge in [-0.15, -0.1) is 0 Å². The first-order valence-electron chi connectivity index (χ1n) is 10.8. The van der Waals surface area contributed by atoms with Gasteiger partial charge in [0.15, 0.2) is 0 Å². The van der Waals surface area contributed by atoms with E-state index in [-0.39, 0.29) is 35.5 Å². The van der Waals surface area contributed by atoms with Gasteiger partial charge in [-0.3, -0.25) is 9.59 Å². The molecule has 166 valence electrons. The molecule has 3 heterocycles. The molecule has 0 bridgehead atoms. The van der Waals surface area contributed by atoms with E-state index >= 15 is 0 Å². The third kappa shape index (κ3) is 4.21. The number of likely N-dealkylation sites (tertiary alicyclic amines) is 1. The molecule has 1 saturated heterocycles. The van der Waals surface area contributed by atoms with Crippen molar-refractivity contribution in [3.63, 3.8) is 0 Å². The van der Waals surface area contributed by atoms with Crippen LogP contribution >= 0.6 is 11.6 Å². The van der Waals surface area contributed by atoms with Gasteiger partial charge in [-0.25, -0.2) is 4.39 Å². The van der Waals surface area contributed by atoms with Gasteiger partial charge in [0, 0.05) is 24.2 Å². The molecule has 2 atom stereocenters. The van der Waals surface area contributed by atoms with E-state index in [4.69, 9.17) is 16.3 Å². The highest BCUT2D eigenvalue weighted by molar-refractivity contribution is 6.31. The van der Waals surface area contributed by atoms with Crippen molar-refractivity contribution in [2.75, 3.05) is 13.2 Å². The Morgan fingerprint density at radius 3 is 2.81 bits per heavy atom. The zero-order chi connectivity index (χ0) is 22.1. The van der Waals surface area contributed by atoms with Crippen molar-refractivity contribution in [2.24, 2.45) is 0 Å². The summed E-state index contributed by atoms with van der Waals surface area (Å²) in [6.45, 7) is 6.03. The number of hydrogen-bond acceptors (Lipinski definition) is 3. The van der Waals surface area contributed by atoms with Gasteiger partial charge in [0.05, 0.1) is 30.5 Å². The lowest BCUT2D eigenvalue weighted by Crippen LogP contribution is -2.35. The second-order valence-electron chi connectivity index (χ2n) is 8.18. The largest absolute Gasteiger partial charge is 0.373 e. The number of nitrogens with zero attached hydrogens (tertiary/aromatic N) is 2. The summed E-state index contributed by atoms with van der Waals surface area (Å²) in [6, 6.07) is 5.67. The number of halogens is 2. The van der Waals surface area contributed by atoms with Crippen LogP contribution in [0.4, 0.5) is 4.39 Å². The highest BCUT2D eigenvalue weighted by Gasteiger charge is 2.32. The molecule has 1 fully saturated rings. The SMILES string of the molecule is CCC(NC(=O)c1cc(C(=O)N2CCCC2C)n2c1COCC2)c1ccc(F)cc1Cl. The molecule has 4 rings (SSSR count). The molecular formula is C23H27ClFN3O3. The summed E-state index contributed by atoms with van der Waals surface area (Å²) >= 11 is 6.21. The van der Waals surface area contributed by atoms with E-state index in [2.05, 4.69) is 12.2 Å². The van der Waals surface area contributed by atoms with Gasteiger partial charge in [0.25, 0.3) is 11.8 Å². The lowest BCUT2D eigenvalue weighted by Gasteiger charge is -2.24. The average Bonchev–Trinajstić information content (AvgIpc) is 3.36. The number of ether oxygens (including phenoxy) is 1. The summed E-state index contributed by atoms with van der Waals surface area (Å²) in [5.41, 5.74) is 2.33. The molecule has 2 amide bonds. The Morgan fingerprint density at radius 1 is 1.32 bits per heavy atom. The van der Waals surface area contributed by atoms with Gasteiger partial charge in [-0.2, -0.15) is 0 Å². The third-order valence-corrected chi connectivity index (χ3v) is 6.56. The molecule has 0 radical (unpaired) electrons. The summed E-state index contributed by atoms with van der Waals surface area (Å²) in [4.78, 5) is 28.3. The molecule has 8 heteroatoms. The Bertz CT molecular complexity index is 1010. The minimum absolute atomic E-state index is 0.0409. The highest BCUT2D eigenvalue weighted by Crippen LogP contribution is 2.29. The summed E-state index contributed by atoms with van der Waals surface area (Å²) in [5, 5.41) is 3.27. The van der Waals surface area contributed by atoms with E-state index in [0.717, 1.165) is 19.4 Å². The monoisotopic (exact) mass is 447 g/mol. The molecule has 2 aliphatic heterocycles. The van der Waals surface area contributed by atoms with Gasteiger partial charge in [-0.1, -0.05) is 24.6 Å². The molecule has 0 aliphatic carbocycles. The van der Waals surface area contributed by atoms with E-state index < -0.39 is 5.82 Å². The normalized spacial score (nSPS) is 19.2. The smallest absolute Gasteiger partial charge is 0.270 e. The second-order valence-corrected chi connectivity index (χ2v) is 8.59. The summed E-state index contributed by atoms with van der Waals surface area (Å²) in [6.07, 6.45) is 2.57. The van der Waals surface area contributed by atoms with Crippen molar-refractivity contribution in [3.8, 4) is 0 Å². The fourth-order valence-electron chi connectivity index (χ4n) is 4.50. The Hall–Kier alpha value is -2.38. The number of carbonyl (C=O) groups is 2. The van der Waals surface area contributed by atoms with Crippen LogP contribution in [0.3, 0.4) is 0 Å². The first kappa shape index (κ1) is 21.8. The third-order valence-electron chi connectivity index (χ3n) is 6.24. The predicted octanol–water partition coefficient (Wildman–Crippen LogP) is 4.32. The highest BCUT2D eigenvalue weighted by atomic mass is 35.5. The number of fused-ring (bicyclic) bond motifs is 1. The van der Waals surface area contributed by atoms with Gasteiger partial charge < -0.3 is 19.5 Å². The minimum atomic E-state index is -0.423. The fourth-order valence-corrected chi connectivity index (χ4v) is 4.80. The topological polar surface area (TPSA) is 63.6 Å². The van der Waals surface area contributed by atoms with Crippen molar-refractivity contribution in [1.82, 2.24) is 14.8 Å². The quantitative estimate of drug-likeness (QED) is 0.742. The molecule has 2 aromatic rings. The fraction of sp³-hybridized carbons (Fsp3) is 0.478. The van der Waals surface area contributed by atoms with Crippen LogP contribution in [-0.4, -0.2) is 40.5 Å². The molecule has 2 aliphatic rings. The first-order valence-corrected chi connectivity index (χ1v) is 11.2. The number of nitrogens with one attached hydrogen (secondary N) is 1. The van der Waals surface area contributed by atoms with E-state index in [0.29, 0.717) is 42.1 Å². The lowest BCUT2D eigenvalue weighted by molar-refractivity contribution is 0.0683. The number of amides is 2. The van der Waals surface area contributed by atoms with Gasteiger partial charge in [0.1, 0.15) is 11.5 Å². The van der Waals surface area contributed by atoms with Gasteiger partial charge in [-0.05, 0) is 49.9 Å². The van der Waals surface area contributed by atoms with Crippen LogP contribution in [0.1, 0.15) is 71.3 Å². The standard InChI is InChI=1S/C23H27ClFN3O3/c1-3-19(16-7-6-15(25)11-18(16)24)26-22(29)17-12-20(28-9-10-31-13-21(17)28)23(30)27-8-4-5-14(27)2/h6-7,11-12,14,19H,3-5,8-10,13H2,1-2H3,(H,26,29). The minimum Gasteiger partial charge on any atom is -0.373 e. The van der Waals surface area contributed by atoms with Crippen LogP contribution < -0.4 is 5.32 Å². The summed E-state index contributed by atoms with van der Waals surface area (Å²) in [7, 11) is 0. The molecule has 1 aromatic heterocycles. The van der Waals surface area contributed by atoms with E-state index in [9.17, 15) is 14.0 Å². The molecule has 1 aromatic carbocycles. The molecule has 31 heavy (non-hydrogen) atoms. The van der Waals surface area contributed by atoms with Gasteiger partial charge >= 0.3 is 0 Å². The number of hydrogen-bond donors (Lipinski definition) is 1. The van der Waals surface area contributed by atoms with E-state index in [1.807, 2.05) is 16.4 Å². The van der Waals surface area contributed by atoms with Crippen LogP contribution in [-0.2, 0) is 17.9 Å². The Balaban J connectivity index is 1.63. The molecule has 0 spiro atoms. The number of rotatable bonds is 5. The van der Waals surface area contributed by atoms with Crippen LogP contribution in [0.25, 0.3) is 0 Å². The zero-order valence-electron chi connectivity index (χ0n) is 17.8. The van der Waals surface area contributed by atoms with Crippen molar-refractivity contribution in [2.45, 2.75) is 58.3 Å².